The van der Waals surface area contributed by atoms with Gasteiger partial charge in [-0.25, -0.2) is 9.97 Å². The number of rotatable bonds is 8. The van der Waals surface area contributed by atoms with Crippen LogP contribution in [0.2, 0.25) is 0 Å². The number of hydrogen-bond acceptors (Lipinski definition) is 9. The minimum Gasteiger partial charge on any atom is -0.382 e. The average Bonchev–Trinajstić information content (AvgIpc) is 3.49. The van der Waals surface area contributed by atoms with Gasteiger partial charge in [-0.3, -0.25) is 14.8 Å². The number of thiazole rings is 2. The van der Waals surface area contributed by atoms with E-state index in [0.717, 1.165) is 35.4 Å². The smallest absolute Gasteiger partial charge is 0.270 e. The van der Waals surface area contributed by atoms with Gasteiger partial charge in [-0.05, 0) is 31.7 Å². The molecule has 3 aromatic heterocycles. The van der Waals surface area contributed by atoms with Crippen molar-refractivity contribution in [2.24, 2.45) is 0 Å². The summed E-state index contributed by atoms with van der Waals surface area (Å²) in [5.74, 6) is 0.321. The van der Waals surface area contributed by atoms with Crippen molar-refractivity contribution < 1.29 is 14.3 Å². The third-order valence-electron chi connectivity index (χ3n) is 4.95. The second kappa shape index (κ2) is 10.2. The molecule has 0 saturated heterocycles. The molecule has 10 heteroatoms. The third-order valence-corrected chi connectivity index (χ3v) is 6.51. The van der Waals surface area contributed by atoms with Crippen LogP contribution in [0.15, 0.2) is 29.5 Å². The van der Waals surface area contributed by atoms with Crippen molar-refractivity contribution in [1.82, 2.24) is 25.3 Å². The molecule has 1 aliphatic rings. The van der Waals surface area contributed by atoms with E-state index in [-0.39, 0.29) is 18.1 Å². The maximum absolute atomic E-state index is 13.0. The predicted octanol–water partition coefficient (Wildman–Crippen LogP) is 3.43. The van der Waals surface area contributed by atoms with E-state index in [1.165, 1.54) is 22.7 Å². The molecule has 0 aromatic carbocycles. The first kappa shape index (κ1) is 21.0. The molecule has 1 aliphatic carbocycles. The van der Waals surface area contributed by atoms with Crippen molar-refractivity contribution in [2.75, 3.05) is 20.3 Å². The molecule has 0 aliphatic heterocycles. The highest BCUT2D eigenvalue weighted by atomic mass is 32.1. The number of nitrogens with zero attached hydrogens (tertiary/aromatic N) is 4. The van der Waals surface area contributed by atoms with Crippen LogP contribution in [0.1, 0.15) is 36.2 Å². The van der Waals surface area contributed by atoms with Crippen LogP contribution in [-0.2, 0) is 9.47 Å². The Morgan fingerprint density at radius 1 is 1.07 bits per heavy atom. The first-order chi connectivity index (χ1) is 14.7. The maximum Gasteiger partial charge on any atom is 0.270 e. The summed E-state index contributed by atoms with van der Waals surface area (Å²) >= 11 is 2.92. The fourth-order valence-electron chi connectivity index (χ4n) is 3.40. The first-order valence-corrected chi connectivity index (χ1v) is 11.6. The minimum atomic E-state index is -0.183. The Morgan fingerprint density at radius 2 is 1.80 bits per heavy atom. The van der Waals surface area contributed by atoms with E-state index in [4.69, 9.17) is 9.47 Å². The fourth-order valence-corrected chi connectivity index (χ4v) is 4.54. The number of aromatic nitrogens is 4. The fraction of sp³-hybridized carbons (Fsp3) is 0.450. The summed E-state index contributed by atoms with van der Waals surface area (Å²) in [7, 11) is 1.67. The number of hydrogen-bond donors (Lipinski definition) is 1. The van der Waals surface area contributed by atoms with E-state index in [1.54, 1.807) is 36.6 Å². The van der Waals surface area contributed by atoms with E-state index < -0.39 is 0 Å². The standard InChI is InChI=1S/C20H23N5O3S2/c1-27-6-7-28-14-4-2-13(3-5-14)23-20(26)16-8-15(17-9-21-11-29-17)24-19(25-16)18-10-22-12-30-18/h8-14H,2-7H2,1H3,(H,23,26)/t13-,14-. The van der Waals surface area contributed by atoms with Gasteiger partial charge in [0.25, 0.3) is 5.91 Å². The van der Waals surface area contributed by atoms with Crippen LogP contribution in [-0.4, -0.2) is 58.3 Å². The van der Waals surface area contributed by atoms with Gasteiger partial charge in [0, 0.05) is 25.5 Å². The van der Waals surface area contributed by atoms with Gasteiger partial charge in [-0.2, -0.15) is 0 Å². The van der Waals surface area contributed by atoms with Crippen LogP contribution >= 0.6 is 22.7 Å². The van der Waals surface area contributed by atoms with Crippen LogP contribution < -0.4 is 5.32 Å². The van der Waals surface area contributed by atoms with Crippen LogP contribution in [0.5, 0.6) is 0 Å². The summed E-state index contributed by atoms with van der Waals surface area (Å²) in [4.78, 5) is 32.0. The van der Waals surface area contributed by atoms with Crippen molar-refractivity contribution >= 4 is 28.6 Å². The molecule has 3 heterocycles. The Morgan fingerprint density at radius 3 is 2.47 bits per heavy atom. The predicted molar refractivity (Wildman–Crippen MR) is 116 cm³/mol. The van der Waals surface area contributed by atoms with E-state index in [9.17, 15) is 4.79 Å². The highest BCUT2D eigenvalue weighted by Crippen LogP contribution is 2.27. The Bertz CT molecular complexity index is 889. The molecule has 3 aromatic rings. The highest BCUT2D eigenvalue weighted by Gasteiger charge is 2.24. The van der Waals surface area contributed by atoms with E-state index in [1.807, 2.05) is 0 Å². The monoisotopic (exact) mass is 445 g/mol. The van der Waals surface area contributed by atoms with Gasteiger partial charge in [0.2, 0.25) is 0 Å². The summed E-state index contributed by atoms with van der Waals surface area (Å²) in [6.07, 6.45) is 7.32. The lowest BCUT2D eigenvalue weighted by Gasteiger charge is -2.29. The van der Waals surface area contributed by atoms with Gasteiger partial charge in [-0.15, -0.1) is 22.7 Å². The second-order valence-electron chi connectivity index (χ2n) is 7.00. The lowest BCUT2D eigenvalue weighted by molar-refractivity contribution is -0.00409. The summed E-state index contributed by atoms with van der Waals surface area (Å²) in [6, 6.07) is 1.85. The molecule has 4 rings (SSSR count). The van der Waals surface area contributed by atoms with Gasteiger partial charge in [0.05, 0.1) is 45.8 Å². The molecular weight excluding hydrogens is 422 g/mol. The van der Waals surface area contributed by atoms with E-state index >= 15 is 0 Å². The summed E-state index contributed by atoms with van der Waals surface area (Å²) in [6.45, 7) is 1.22. The van der Waals surface area contributed by atoms with E-state index in [2.05, 4.69) is 25.3 Å². The van der Waals surface area contributed by atoms with E-state index in [0.29, 0.717) is 30.4 Å². The molecule has 0 radical (unpaired) electrons. The SMILES string of the molecule is COCCO[C@H]1CC[C@H](NC(=O)c2cc(-c3cncs3)nc(-c3cncs3)n2)CC1. The maximum atomic E-state index is 13.0. The number of nitrogens with one attached hydrogen (secondary N) is 1. The summed E-state index contributed by atoms with van der Waals surface area (Å²) in [5, 5.41) is 3.13. The van der Waals surface area contributed by atoms with Gasteiger partial charge in [-0.1, -0.05) is 0 Å². The molecule has 158 valence electrons. The van der Waals surface area contributed by atoms with Gasteiger partial charge < -0.3 is 14.8 Å². The molecule has 1 saturated carbocycles. The van der Waals surface area contributed by atoms with Crippen molar-refractivity contribution in [2.45, 2.75) is 37.8 Å². The molecule has 0 atom stereocenters. The normalized spacial score (nSPS) is 19.0. The van der Waals surface area contributed by atoms with Gasteiger partial charge >= 0.3 is 0 Å². The number of amides is 1. The molecular formula is C20H23N5O3S2. The first-order valence-electron chi connectivity index (χ1n) is 9.81. The molecule has 8 nitrogen and oxygen atoms in total. The zero-order chi connectivity index (χ0) is 20.8. The molecule has 1 amide bonds. The Balaban J connectivity index is 1.45. The topological polar surface area (TPSA) is 99.1 Å². The zero-order valence-corrected chi connectivity index (χ0v) is 18.2. The Hall–Kier alpha value is -2.27. The zero-order valence-electron chi connectivity index (χ0n) is 16.6. The van der Waals surface area contributed by atoms with Crippen molar-refractivity contribution in [3.05, 3.63) is 35.2 Å². The molecule has 1 N–H and O–H groups in total. The largest absolute Gasteiger partial charge is 0.382 e. The molecule has 0 unspecified atom stereocenters. The summed E-state index contributed by atoms with van der Waals surface area (Å²) in [5.41, 5.74) is 4.52. The second-order valence-corrected chi connectivity index (χ2v) is 8.78. The highest BCUT2D eigenvalue weighted by molar-refractivity contribution is 7.13. The van der Waals surface area contributed by atoms with Crippen molar-refractivity contribution in [1.29, 1.82) is 0 Å². The lowest BCUT2D eigenvalue weighted by Crippen LogP contribution is -2.39. The summed E-state index contributed by atoms with van der Waals surface area (Å²) < 4.78 is 10.8. The van der Waals surface area contributed by atoms with Crippen molar-refractivity contribution in [3.63, 3.8) is 0 Å². The Kier molecular flexibility index (Phi) is 7.11. The molecule has 0 spiro atoms. The number of ether oxygens (including phenoxy) is 2. The van der Waals surface area contributed by atoms with Gasteiger partial charge in [0.1, 0.15) is 5.69 Å². The average molecular weight is 446 g/mol. The van der Waals surface area contributed by atoms with Crippen LogP contribution in [0, 0.1) is 0 Å². The van der Waals surface area contributed by atoms with Crippen LogP contribution in [0.25, 0.3) is 21.3 Å². The molecule has 1 fully saturated rings. The minimum absolute atomic E-state index is 0.119. The molecule has 0 bridgehead atoms. The lowest BCUT2D eigenvalue weighted by atomic mass is 9.93. The third kappa shape index (κ3) is 5.25. The van der Waals surface area contributed by atoms with Crippen molar-refractivity contribution in [3.8, 4) is 21.3 Å². The Labute approximate surface area is 182 Å². The molecule has 30 heavy (non-hydrogen) atoms. The number of methoxy groups -OCH3 is 1. The quantitative estimate of drug-likeness (QED) is 0.530. The van der Waals surface area contributed by atoms with Gasteiger partial charge in [0.15, 0.2) is 5.82 Å². The van der Waals surface area contributed by atoms with Crippen LogP contribution in [0.3, 0.4) is 0 Å². The van der Waals surface area contributed by atoms with Crippen LogP contribution in [0.4, 0.5) is 0 Å². The number of carbonyl (C=O) groups excluding carboxylic acids is 1. The number of carbonyl (C=O) groups is 1.